The van der Waals surface area contributed by atoms with Crippen molar-refractivity contribution in [1.82, 2.24) is 0 Å². The van der Waals surface area contributed by atoms with E-state index in [9.17, 15) is 5.11 Å². The molecule has 1 aromatic heterocycles. The highest BCUT2D eigenvalue weighted by atomic mass is 79.9. The highest BCUT2D eigenvalue weighted by molar-refractivity contribution is 9.11. The second-order valence-corrected chi connectivity index (χ2v) is 6.78. The predicted octanol–water partition coefficient (Wildman–Crippen LogP) is 4.72. The van der Waals surface area contributed by atoms with Crippen LogP contribution in [0.3, 0.4) is 0 Å². The molecule has 0 amide bonds. The first-order valence-corrected chi connectivity index (χ1v) is 7.81. The normalized spacial score (nSPS) is 12.7. The van der Waals surface area contributed by atoms with Crippen molar-refractivity contribution in [2.24, 2.45) is 0 Å². The number of benzene rings is 1. The summed E-state index contributed by atoms with van der Waals surface area (Å²) < 4.78 is 1.06. The highest BCUT2D eigenvalue weighted by Gasteiger charge is 2.16. The summed E-state index contributed by atoms with van der Waals surface area (Å²) in [7, 11) is 0. The van der Waals surface area contributed by atoms with Gasteiger partial charge in [0.1, 0.15) is 6.10 Å². The molecule has 0 aliphatic rings. The molecule has 0 saturated carbocycles. The lowest BCUT2D eigenvalue weighted by atomic mass is 9.96. The molecule has 0 spiro atoms. The van der Waals surface area contributed by atoms with Crippen LogP contribution in [0.2, 0.25) is 0 Å². The van der Waals surface area contributed by atoms with Gasteiger partial charge >= 0.3 is 0 Å². The molecule has 18 heavy (non-hydrogen) atoms. The minimum atomic E-state index is -0.511. The fraction of sp³-hybridized carbons (Fsp3) is 0.333. The molecule has 3 heteroatoms. The largest absolute Gasteiger partial charge is 0.383 e. The van der Waals surface area contributed by atoms with Crippen LogP contribution in [0.1, 0.15) is 41.5 Å². The third-order valence-corrected chi connectivity index (χ3v) is 4.83. The molecule has 1 unspecified atom stereocenters. The Morgan fingerprint density at radius 1 is 1.17 bits per heavy atom. The van der Waals surface area contributed by atoms with Gasteiger partial charge in [-0.1, -0.05) is 32.0 Å². The van der Waals surface area contributed by atoms with Gasteiger partial charge in [0.25, 0.3) is 0 Å². The molecule has 1 nitrogen and oxygen atoms in total. The summed E-state index contributed by atoms with van der Waals surface area (Å²) >= 11 is 5.03. The zero-order chi connectivity index (χ0) is 13.1. The standard InChI is InChI=1S/C15H17BrOS/c1-3-10-5-6-11(4-2)12(9-10)15(17)13-7-8-14(16)18-13/h5-9,15,17H,3-4H2,1-2H3. The number of aliphatic hydroxyl groups excluding tert-OH is 1. The summed E-state index contributed by atoms with van der Waals surface area (Å²) in [5.41, 5.74) is 3.55. The topological polar surface area (TPSA) is 20.2 Å². The van der Waals surface area contributed by atoms with Gasteiger partial charge in [-0.2, -0.15) is 0 Å². The third kappa shape index (κ3) is 2.85. The van der Waals surface area contributed by atoms with Crippen LogP contribution in [0.5, 0.6) is 0 Å². The third-order valence-electron chi connectivity index (χ3n) is 3.16. The van der Waals surface area contributed by atoms with Gasteiger partial charge in [-0.05, 0) is 57.6 Å². The van der Waals surface area contributed by atoms with Crippen LogP contribution in [-0.4, -0.2) is 5.11 Å². The first-order chi connectivity index (χ1) is 8.65. The number of hydrogen-bond acceptors (Lipinski definition) is 2. The molecule has 96 valence electrons. The maximum absolute atomic E-state index is 10.5. The van der Waals surface area contributed by atoms with Crippen LogP contribution in [0.25, 0.3) is 0 Å². The van der Waals surface area contributed by atoms with Gasteiger partial charge in [0.05, 0.1) is 3.79 Å². The van der Waals surface area contributed by atoms with Crippen molar-refractivity contribution in [3.8, 4) is 0 Å². The van der Waals surface area contributed by atoms with Crippen molar-refractivity contribution in [3.63, 3.8) is 0 Å². The second kappa shape index (κ2) is 6.00. The molecule has 0 saturated heterocycles. The highest BCUT2D eigenvalue weighted by Crippen LogP contribution is 2.33. The molecule has 1 heterocycles. The number of halogens is 1. The monoisotopic (exact) mass is 324 g/mol. The fourth-order valence-corrected chi connectivity index (χ4v) is 3.50. The van der Waals surface area contributed by atoms with E-state index in [4.69, 9.17) is 0 Å². The summed E-state index contributed by atoms with van der Waals surface area (Å²) in [4.78, 5) is 0.991. The lowest BCUT2D eigenvalue weighted by molar-refractivity contribution is 0.223. The van der Waals surface area contributed by atoms with Gasteiger partial charge in [0.15, 0.2) is 0 Å². The van der Waals surface area contributed by atoms with E-state index in [-0.39, 0.29) is 0 Å². The molecular weight excluding hydrogens is 308 g/mol. The van der Waals surface area contributed by atoms with Crippen LogP contribution < -0.4 is 0 Å². The first kappa shape index (κ1) is 13.8. The van der Waals surface area contributed by atoms with Crippen LogP contribution in [0.4, 0.5) is 0 Å². The van der Waals surface area contributed by atoms with Crippen LogP contribution in [0.15, 0.2) is 34.1 Å². The van der Waals surface area contributed by atoms with Crippen molar-refractivity contribution in [2.45, 2.75) is 32.8 Å². The van der Waals surface area contributed by atoms with E-state index in [1.165, 1.54) is 11.1 Å². The number of aliphatic hydroxyl groups is 1. The zero-order valence-corrected chi connectivity index (χ0v) is 13.0. The van der Waals surface area contributed by atoms with E-state index < -0.39 is 6.10 Å². The van der Waals surface area contributed by atoms with Crippen molar-refractivity contribution in [2.75, 3.05) is 0 Å². The minimum absolute atomic E-state index is 0.511. The summed E-state index contributed by atoms with van der Waals surface area (Å²) in [6, 6.07) is 10.4. The van der Waals surface area contributed by atoms with E-state index in [1.807, 2.05) is 12.1 Å². The number of rotatable bonds is 4. The van der Waals surface area contributed by atoms with Crippen molar-refractivity contribution in [1.29, 1.82) is 0 Å². The molecular formula is C15H17BrOS. The molecule has 0 aliphatic heterocycles. The Morgan fingerprint density at radius 2 is 1.94 bits per heavy atom. The minimum Gasteiger partial charge on any atom is -0.383 e. The van der Waals surface area contributed by atoms with Crippen molar-refractivity contribution in [3.05, 3.63) is 55.7 Å². The Kier molecular flexibility index (Phi) is 4.60. The Labute approximate surface area is 121 Å². The van der Waals surface area contributed by atoms with Crippen LogP contribution >= 0.6 is 27.3 Å². The zero-order valence-electron chi connectivity index (χ0n) is 10.6. The molecule has 0 fully saturated rings. The molecule has 0 aliphatic carbocycles. The maximum Gasteiger partial charge on any atom is 0.113 e. The lowest BCUT2D eigenvalue weighted by Crippen LogP contribution is -2.03. The molecule has 1 N–H and O–H groups in total. The smallest absolute Gasteiger partial charge is 0.113 e. The number of aryl methyl sites for hydroxylation is 2. The number of thiophene rings is 1. The van der Waals surface area contributed by atoms with Gasteiger partial charge in [-0.3, -0.25) is 0 Å². The molecule has 1 atom stereocenters. The van der Waals surface area contributed by atoms with Gasteiger partial charge < -0.3 is 5.11 Å². The van der Waals surface area contributed by atoms with E-state index in [1.54, 1.807) is 11.3 Å². The molecule has 2 rings (SSSR count). The number of hydrogen-bond donors (Lipinski definition) is 1. The summed E-state index contributed by atoms with van der Waals surface area (Å²) in [6.45, 7) is 4.26. The van der Waals surface area contributed by atoms with Crippen molar-refractivity contribution >= 4 is 27.3 Å². The Hall–Kier alpha value is -0.640. The Bertz CT molecular complexity index is 533. The fourth-order valence-electron chi connectivity index (χ4n) is 2.07. The summed E-state index contributed by atoms with van der Waals surface area (Å²) in [6.07, 6.45) is 1.43. The average Bonchev–Trinajstić information content (AvgIpc) is 2.83. The molecule has 0 bridgehead atoms. The van der Waals surface area contributed by atoms with Crippen LogP contribution in [0, 0.1) is 0 Å². The van der Waals surface area contributed by atoms with E-state index in [0.29, 0.717) is 0 Å². The molecule has 1 aromatic carbocycles. The average molecular weight is 325 g/mol. The second-order valence-electron chi connectivity index (χ2n) is 4.28. The van der Waals surface area contributed by atoms with Gasteiger partial charge in [0.2, 0.25) is 0 Å². The van der Waals surface area contributed by atoms with E-state index in [2.05, 4.69) is 48.0 Å². The van der Waals surface area contributed by atoms with Gasteiger partial charge in [-0.15, -0.1) is 11.3 Å². The van der Waals surface area contributed by atoms with Crippen LogP contribution in [-0.2, 0) is 12.8 Å². The summed E-state index contributed by atoms with van der Waals surface area (Å²) in [5, 5.41) is 10.5. The quantitative estimate of drug-likeness (QED) is 0.862. The first-order valence-electron chi connectivity index (χ1n) is 6.20. The van der Waals surface area contributed by atoms with Gasteiger partial charge in [-0.25, -0.2) is 0 Å². The van der Waals surface area contributed by atoms with E-state index in [0.717, 1.165) is 27.1 Å². The van der Waals surface area contributed by atoms with Gasteiger partial charge in [0, 0.05) is 4.88 Å². The van der Waals surface area contributed by atoms with E-state index >= 15 is 0 Å². The molecule has 2 aromatic rings. The predicted molar refractivity (Wildman–Crippen MR) is 81.3 cm³/mol. The SMILES string of the molecule is CCc1ccc(CC)c(C(O)c2ccc(Br)s2)c1. The molecule has 0 radical (unpaired) electrons. The Morgan fingerprint density at radius 3 is 2.50 bits per heavy atom. The maximum atomic E-state index is 10.5. The summed E-state index contributed by atoms with van der Waals surface area (Å²) in [5.74, 6) is 0. The van der Waals surface area contributed by atoms with Crippen molar-refractivity contribution < 1.29 is 5.11 Å². The Balaban J connectivity index is 2.41. The lowest BCUT2D eigenvalue weighted by Gasteiger charge is -2.15.